The van der Waals surface area contributed by atoms with Gasteiger partial charge in [-0.3, -0.25) is 0 Å². The standard InChI is InChI=1S/C68H44N2O/c1-2-16-48(17-3-1)58-42-43-64(67-60-27-9-11-33-65(60)71-68(58)67)69(52-38-34-45(35-39-52)50-22-12-23-51(44-50)55-28-13-20-46-18-4-6-24-54(46)55)53-40-36-49(37-41-53)57-29-15-32-63-66(57)59-26-8-10-30-62(59)70(63)61-31-14-21-47-19-5-7-25-56(47)61/h1-44H. The molecule has 0 amide bonds. The summed E-state index contributed by atoms with van der Waals surface area (Å²) in [5.41, 5.74) is 17.7. The monoisotopic (exact) mass is 904 g/mol. The maximum Gasteiger partial charge on any atom is 0.145 e. The van der Waals surface area contributed by atoms with Crippen molar-refractivity contribution in [1.29, 1.82) is 0 Å². The lowest BCUT2D eigenvalue weighted by molar-refractivity contribution is 0.670. The molecule has 2 heterocycles. The highest BCUT2D eigenvalue weighted by molar-refractivity contribution is 6.18. The average molecular weight is 905 g/mol. The summed E-state index contributed by atoms with van der Waals surface area (Å²) in [7, 11) is 0. The minimum atomic E-state index is 0.861. The van der Waals surface area contributed by atoms with Crippen LogP contribution < -0.4 is 4.90 Å². The van der Waals surface area contributed by atoms with Crippen molar-refractivity contribution in [2.24, 2.45) is 0 Å². The molecule has 3 heteroatoms. The predicted molar refractivity (Wildman–Crippen MR) is 299 cm³/mol. The van der Waals surface area contributed by atoms with Crippen LogP contribution in [0.25, 0.3) is 115 Å². The summed E-state index contributed by atoms with van der Waals surface area (Å²) >= 11 is 0. The molecule has 0 spiro atoms. The molecule has 0 bridgehead atoms. The minimum Gasteiger partial charge on any atom is -0.455 e. The van der Waals surface area contributed by atoms with Crippen molar-refractivity contribution in [3.63, 3.8) is 0 Å². The zero-order valence-corrected chi connectivity index (χ0v) is 38.7. The first kappa shape index (κ1) is 40.6. The largest absolute Gasteiger partial charge is 0.455 e. The first-order valence-corrected chi connectivity index (χ1v) is 24.3. The van der Waals surface area contributed by atoms with Gasteiger partial charge < -0.3 is 13.9 Å². The lowest BCUT2D eigenvalue weighted by atomic mass is 9.95. The molecule has 12 aromatic carbocycles. The van der Waals surface area contributed by atoms with Gasteiger partial charge in [0.2, 0.25) is 0 Å². The van der Waals surface area contributed by atoms with Gasteiger partial charge >= 0.3 is 0 Å². The second kappa shape index (κ2) is 16.7. The van der Waals surface area contributed by atoms with Crippen LogP contribution in [-0.4, -0.2) is 4.57 Å². The molecule has 332 valence electrons. The fourth-order valence-electron chi connectivity index (χ4n) is 11.1. The molecule has 0 saturated carbocycles. The van der Waals surface area contributed by atoms with E-state index in [4.69, 9.17) is 4.42 Å². The van der Waals surface area contributed by atoms with Crippen molar-refractivity contribution in [2.75, 3.05) is 4.90 Å². The quantitative estimate of drug-likeness (QED) is 0.151. The fraction of sp³-hybridized carbons (Fsp3) is 0. The van der Waals surface area contributed by atoms with Gasteiger partial charge in [-0.1, -0.05) is 200 Å². The average Bonchev–Trinajstić information content (AvgIpc) is 4.00. The van der Waals surface area contributed by atoms with Crippen molar-refractivity contribution in [1.82, 2.24) is 4.57 Å². The third-order valence-corrected chi connectivity index (χ3v) is 14.4. The Morgan fingerprint density at radius 3 is 1.66 bits per heavy atom. The lowest BCUT2D eigenvalue weighted by Crippen LogP contribution is -2.10. The van der Waals surface area contributed by atoms with E-state index in [1.165, 1.54) is 71.3 Å². The van der Waals surface area contributed by atoms with Crippen LogP contribution in [0.15, 0.2) is 271 Å². The summed E-state index contributed by atoms with van der Waals surface area (Å²) in [5.74, 6) is 0. The third kappa shape index (κ3) is 6.74. The highest BCUT2D eigenvalue weighted by Gasteiger charge is 2.23. The van der Waals surface area contributed by atoms with Gasteiger partial charge in [0.15, 0.2) is 0 Å². The second-order valence-corrected chi connectivity index (χ2v) is 18.4. The topological polar surface area (TPSA) is 21.3 Å². The summed E-state index contributed by atoms with van der Waals surface area (Å²) < 4.78 is 9.27. The number of para-hydroxylation sites is 2. The first-order valence-electron chi connectivity index (χ1n) is 24.3. The smallest absolute Gasteiger partial charge is 0.145 e. The van der Waals surface area contributed by atoms with E-state index in [1.807, 2.05) is 0 Å². The summed E-state index contributed by atoms with van der Waals surface area (Å²) in [5, 5.41) is 9.57. The van der Waals surface area contributed by atoms with Crippen molar-refractivity contribution < 1.29 is 4.42 Å². The van der Waals surface area contributed by atoms with Crippen LogP contribution in [0.4, 0.5) is 17.1 Å². The molecule has 0 atom stereocenters. The van der Waals surface area contributed by atoms with E-state index in [-0.39, 0.29) is 0 Å². The molecule has 0 unspecified atom stereocenters. The molecule has 14 aromatic rings. The predicted octanol–water partition coefficient (Wildman–Crippen LogP) is 19.1. The maximum absolute atomic E-state index is 6.83. The van der Waals surface area contributed by atoms with Crippen molar-refractivity contribution in [3.05, 3.63) is 267 Å². The Balaban J connectivity index is 0.925. The Morgan fingerprint density at radius 2 is 0.859 bits per heavy atom. The summed E-state index contributed by atoms with van der Waals surface area (Å²) in [6.07, 6.45) is 0. The Hall–Kier alpha value is -9.44. The van der Waals surface area contributed by atoms with Gasteiger partial charge in [0.25, 0.3) is 0 Å². The second-order valence-electron chi connectivity index (χ2n) is 18.4. The molecule has 71 heavy (non-hydrogen) atoms. The molecular formula is C68H44N2O. The van der Waals surface area contributed by atoms with E-state index in [0.717, 1.165) is 61.3 Å². The molecular weight excluding hydrogens is 861 g/mol. The van der Waals surface area contributed by atoms with E-state index < -0.39 is 0 Å². The highest BCUT2D eigenvalue weighted by Crippen LogP contribution is 2.47. The van der Waals surface area contributed by atoms with Crippen molar-refractivity contribution >= 4 is 82.4 Å². The van der Waals surface area contributed by atoms with Crippen LogP contribution in [0, 0.1) is 0 Å². The Kier molecular flexibility index (Phi) is 9.53. The van der Waals surface area contributed by atoms with Gasteiger partial charge in [-0.25, -0.2) is 0 Å². The van der Waals surface area contributed by atoms with Crippen LogP contribution in [-0.2, 0) is 0 Å². The Bertz CT molecular complexity index is 4320. The van der Waals surface area contributed by atoms with Gasteiger partial charge in [0.1, 0.15) is 11.2 Å². The number of fused-ring (bicyclic) bond motifs is 8. The summed E-state index contributed by atoms with van der Waals surface area (Å²) in [6, 6.07) is 96.6. The number of hydrogen-bond donors (Lipinski definition) is 0. The number of aromatic nitrogens is 1. The molecule has 0 radical (unpaired) electrons. The normalized spacial score (nSPS) is 11.7. The van der Waals surface area contributed by atoms with E-state index in [1.54, 1.807) is 0 Å². The van der Waals surface area contributed by atoms with Crippen molar-refractivity contribution in [3.8, 4) is 50.2 Å². The highest BCUT2D eigenvalue weighted by atomic mass is 16.3. The van der Waals surface area contributed by atoms with E-state index >= 15 is 0 Å². The molecule has 0 aliphatic carbocycles. The van der Waals surface area contributed by atoms with Crippen molar-refractivity contribution in [2.45, 2.75) is 0 Å². The Morgan fingerprint density at radius 1 is 0.310 bits per heavy atom. The first-order chi connectivity index (χ1) is 35.2. The molecule has 14 rings (SSSR count). The summed E-state index contributed by atoms with van der Waals surface area (Å²) in [4.78, 5) is 2.39. The molecule has 0 aliphatic heterocycles. The molecule has 0 fully saturated rings. The van der Waals surface area contributed by atoms with Crippen LogP contribution in [0.2, 0.25) is 0 Å². The molecule has 0 saturated heterocycles. The number of nitrogens with zero attached hydrogens (tertiary/aromatic N) is 2. The number of benzene rings is 12. The summed E-state index contributed by atoms with van der Waals surface area (Å²) in [6.45, 7) is 0. The van der Waals surface area contributed by atoms with Crippen LogP contribution in [0.5, 0.6) is 0 Å². The zero-order valence-electron chi connectivity index (χ0n) is 38.7. The lowest BCUT2D eigenvalue weighted by Gasteiger charge is -2.27. The number of furan rings is 1. The molecule has 0 N–H and O–H groups in total. The Labute approximate surface area is 411 Å². The van der Waals surface area contributed by atoms with E-state index in [2.05, 4.69) is 276 Å². The maximum atomic E-state index is 6.83. The van der Waals surface area contributed by atoms with Crippen LogP contribution in [0.3, 0.4) is 0 Å². The van der Waals surface area contributed by atoms with Gasteiger partial charge in [-0.15, -0.1) is 0 Å². The van der Waals surface area contributed by atoms with Crippen LogP contribution >= 0.6 is 0 Å². The van der Waals surface area contributed by atoms with Crippen LogP contribution in [0.1, 0.15) is 0 Å². The van der Waals surface area contributed by atoms with Gasteiger partial charge in [0.05, 0.1) is 27.8 Å². The third-order valence-electron chi connectivity index (χ3n) is 14.4. The number of rotatable bonds is 8. The van der Waals surface area contributed by atoms with Gasteiger partial charge in [0, 0.05) is 38.5 Å². The van der Waals surface area contributed by atoms with Gasteiger partial charge in [-0.2, -0.15) is 0 Å². The van der Waals surface area contributed by atoms with Gasteiger partial charge in [-0.05, 0) is 122 Å². The fourth-order valence-corrected chi connectivity index (χ4v) is 11.1. The molecule has 3 nitrogen and oxygen atoms in total. The number of hydrogen-bond acceptors (Lipinski definition) is 2. The van der Waals surface area contributed by atoms with E-state index in [9.17, 15) is 0 Å². The molecule has 0 aliphatic rings. The SMILES string of the molecule is c1ccc(-c2ccc(N(c3ccc(-c4cccc(-c5cccc6ccccc56)c4)cc3)c3ccc(-c4cccc5c4c4ccccc4n5-c4cccc5ccccc45)cc3)c3c2oc2ccccc23)cc1. The number of anilines is 3. The molecule has 2 aromatic heterocycles. The van der Waals surface area contributed by atoms with E-state index in [0.29, 0.717) is 0 Å². The zero-order chi connectivity index (χ0) is 46.8. The minimum absolute atomic E-state index is 0.861.